The molecule has 2 rings (SSSR count). The van der Waals surface area contributed by atoms with Gasteiger partial charge >= 0.3 is 0 Å². The van der Waals surface area contributed by atoms with Gasteiger partial charge < -0.3 is 10.1 Å². The van der Waals surface area contributed by atoms with Crippen LogP contribution >= 0.6 is 0 Å². The molecule has 0 saturated carbocycles. The molecule has 1 N–H and O–H groups in total. The van der Waals surface area contributed by atoms with E-state index in [1.165, 1.54) is 0 Å². The van der Waals surface area contributed by atoms with Gasteiger partial charge in [0.15, 0.2) is 0 Å². The van der Waals surface area contributed by atoms with E-state index >= 15 is 0 Å². The SMILES string of the molecule is O=C(Cc1ccccc1)NCCC1CCOCC1. The van der Waals surface area contributed by atoms with Gasteiger partial charge in [0.1, 0.15) is 0 Å². The summed E-state index contributed by atoms with van der Waals surface area (Å²) in [6.45, 7) is 2.54. The number of benzene rings is 1. The maximum Gasteiger partial charge on any atom is 0.224 e. The van der Waals surface area contributed by atoms with Crippen molar-refractivity contribution in [3.05, 3.63) is 35.9 Å². The summed E-state index contributed by atoms with van der Waals surface area (Å²) in [5, 5.41) is 3.00. The van der Waals surface area contributed by atoms with E-state index in [9.17, 15) is 4.79 Å². The molecule has 1 saturated heterocycles. The quantitative estimate of drug-likeness (QED) is 0.866. The molecule has 1 aromatic rings. The van der Waals surface area contributed by atoms with Crippen LogP contribution in [0.3, 0.4) is 0 Å². The summed E-state index contributed by atoms with van der Waals surface area (Å²) < 4.78 is 5.32. The van der Waals surface area contributed by atoms with Crippen molar-refractivity contribution >= 4 is 5.91 Å². The fourth-order valence-electron chi connectivity index (χ4n) is 2.29. The van der Waals surface area contributed by atoms with Gasteiger partial charge in [-0.25, -0.2) is 0 Å². The largest absolute Gasteiger partial charge is 0.381 e. The lowest BCUT2D eigenvalue weighted by Crippen LogP contribution is -2.28. The van der Waals surface area contributed by atoms with Crippen LogP contribution in [0.4, 0.5) is 0 Å². The first kappa shape index (κ1) is 13.1. The van der Waals surface area contributed by atoms with Gasteiger partial charge in [-0.15, -0.1) is 0 Å². The zero-order valence-electron chi connectivity index (χ0n) is 10.7. The predicted octanol–water partition coefficient (Wildman–Crippen LogP) is 2.16. The number of nitrogens with one attached hydrogen (secondary N) is 1. The van der Waals surface area contributed by atoms with Crippen molar-refractivity contribution in [1.82, 2.24) is 5.32 Å². The molecule has 1 heterocycles. The van der Waals surface area contributed by atoms with Crippen molar-refractivity contribution in [2.75, 3.05) is 19.8 Å². The predicted molar refractivity (Wildman–Crippen MR) is 71.3 cm³/mol. The Morgan fingerprint density at radius 1 is 1.22 bits per heavy atom. The van der Waals surface area contributed by atoms with E-state index < -0.39 is 0 Å². The van der Waals surface area contributed by atoms with Gasteiger partial charge in [0, 0.05) is 19.8 Å². The first-order chi connectivity index (χ1) is 8.84. The van der Waals surface area contributed by atoms with E-state index in [0.29, 0.717) is 6.42 Å². The molecule has 1 aliphatic heterocycles. The summed E-state index contributed by atoms with van der Waals surface area (Å²) in [7, 11) is 0. The van der Waals surface area contributed by atoms with Gasteiger partial charge in [-0.3, -0.25) is 4.79 Å². The van der Waals surface area contributed by atoms with Gasteiger partial charge in [-0.05, 0) is 30.7 Å². The Morgan fingerprint density at radius 2 is 1.94 bits per heavy atom. The summed E-state index contributed by atoms with van der Waals surface area (Å²) in [5.74, 6) is 0.837. The fraction of sp³-hybridized carbons (Fsp3) is 0.533. The van der Waals surface area contributed by atoms with Gasteiger partial charge in [0.25, 0.3) is 0 Å². The molecule has 3 nitrogen and oxygen atoms in total. The van der Waals surface area contributed by atoms with Crippen molar-refractivity contribution in [3.8, 4) is 0 Å². The van der Waals surface area contributed by atoms with Crippen LogP contribution in [-0.4, -0.2) is 25.7 Å². The second-order valence-corrected chi connectivity index (χ2v) is 4.86. The number of carbonyl (C=O) groups is 1. The minimum absolute atomic E-state index is 0.119. The van der Waals surface area contributed by atoms with Crippen molar-refractivity contribution in [2.45, 2.75) is 25.7 Å². The third-order valence-electron chi connectivity index (χ3n) is 3.42. The summed E-state index contributed by atoms with van der Waals surface area (Å²) in [6, 6.07) is 9.86. The molecule has 1 aliphatic rings. The summed E-state index contributed by atoms with van der Waals surface area (Å²) in [4.78, 5) is 11.7. The molecule has 0 aliphatic carbocycles. The number of hydrogen-bond donors (Lipinski definition) is 1. The van der Waals surface area contributed by atoms with Gasteiger partial charge in [-0.1, -0.05) is 30.3 Å². The van der Waals surface area contributed by atoms with E-state index in [2.05, 4.69) is 5.32 Å². The van der Waals surface area contributed by atoms with Crippen LogP contribution in [-0.2, 0) is 16.0 Å². The summed E-state index contributed by atoms with van der Waals surface area (Å²) in [5.41, 5.74) is 1.07. The lowest BCUT2D eigenvalue weighted by atomic mass is 9.97. The Morgan fingerprint density at radius 3 is 2.67 bits per heavy atom. The van der Waals surface area contributed by atoms with Crippen molar-refractivity contribution < 1.29 is 9.53 Å². The highest BCUT2D eigenvalue weighted by molar-refractivity contribution is 5.78. The number of ether oxygens (including phenoxy) is 1. The molecule has 0 aromatic heterocycles. The molecule has 0 unspecified atom stereocenters. The van der Waals surface area contributed by atoms with Crippen LogP contribution in [0.15, 0.2) is 30.3 Å². The fourth-order valence-corrected chi connectivity index (χ4v) is 2.29. The Balaban J connectivity index is 1.62. The minimum atomic E-state index is 0.119. The molecule has 0 radical (unpaired) electrons. The highest BCUT2D eigenvalue weighted by Gasteiger charge is 2.13. The second kappa shape index (κ2) is 7.17. The average molecular weight is 247 g/mol. The van der Waals surface area contributed by atoms with Crippen molar-refractivity contribution in [2.24, 2.45) is 5.92 Å². The van der Waals surface area contributed by atoms with E-state index in [1.54, 1.807) is 0 Å². The van der Waals surface area contributed by atoms with Crippen LogP contribution in [0.5, 0.6) is 0 Å². The number of carbonyl (C=O) groups excluding carboxylic acids is 1. The molecule has 1 fully saturated rings. The number of hydrogen-bond acceptors (Lipinski definition) is 2. The Kier molecular flexibility index (Phi) is 5.21. The van der Waals surface area contributed by atoms with E-state index in [1.807, 2.05) is 30.3 Å². The van der Waals surface area contributed by atoms with E-state index in [-0.39, 0.29) is 5.91 Å². The number of rotatable bonds is 5. The van der Waals surface area contributed by atoms with Crippen molar-refractivity contribution in [3.63, 3.8) is 0 Å². The van der Waals surface area contributed by atoms with Gasteiger partial charge in [0.2, 0.25) is 5.91 Å². The van der Waals surface area contributed by atoms with Crippen LogP contribution < -0.4 is 5.32 Å². The smallest absolute Gasteiger partial charge is 0.224 e. The Hall–Kier alpha value is -1.35. The second-order valence-electron chi connectivity index (χ2n) is 4.86. The molecule has 3 heteroatoms. The third-order valence-corrected chi connectivity index (χ3v) is 3.42. The minimum Gasteiger partial charge on any atom is -0.381 e. The van der Waals surface area contributed by atoms with Crippen molar-refractivity contribution in [1.29, 1.82) is 0 Å². The lowest BCUT2D eigenvalue weighted by molar-refractivity contribution is -0.120. The van der Waals surface area contributed by atoms with Gasteiger partial charge in [-0.2, -0.15) is 0 Å². The number of amides is 1. The standard InChI is InChI=1S/C15H21NO2/c17-15(12-14-4-2-1-3-5-14)16-9-6-13-7-10-18-11-8-13/h1-5,13H,6-12H2,(H,16,17). The van der Waals surface area contributed by atoms with Crippen LogP contribution in [0.2, 0.25) is 0 Å². The molecule has 0 spiro atoms. The van der Waals surface area contributed by atoms with Gasteiger partial charge in [0.05, 0.1) is 6.42 Å². The molecular formula is C15H21NO2. The molecule has 18 heavy (non-hydrogen) atoms. The molecule has 1 amide bonds. The molecular weight excluding hydrogens is 226 g/mol. The van der Waals surface area contributed by atoms with Crippen LogP contribution in [0.25, 0.3) is 0 Å². The molecule has 1 aromatic carbocycles. The zero-order chi connectivity index (χ0) is 12.6. The highest BCUT2D eigenvalue weighted by atomic mass is 16.5. The molecule has 98 valence electrons. The Bertz CT molecular complexity index is 358. The molecule has 0 atom stereocenters. The normalized spacial score (nSPS) is 16.4. The van der Waals surface area contributed by atoms with E-state index in [4.69, 9.17) is 4.74 Å². The lowest BCUT2D eigenvalue weighted by Gasteiger charge is -2.21. The maximum absolute atomic E-state index is 11.7. The monoisotopic (exact) mass is 247 g/mol. The zero-order valence-corrected chi connectivity index (χ0v) is 10.7. The summed E-state index contributed by atoms with van der Waals surface area (Å²) in [6.07, 6.45) is 3.82. The molecule has 0 bridgehead atoms. The van der Waals surface area contributed by atoms with E-state index in [0.717, 1.165) is 50.5 Å². The third kappa shape index (κ3) is 4.49. The van der Waals surface area contributed by atoms with Crippen LogP contribution in [0.1, 0.15) is 24.8 Å². The topological polar surface area (TPSA) is 38.3 Å². The first-order valence-corrected chi connectivity index (χ1v) is 6.73. The highest BCUT2D eigenvalue weighted by Crippen LogP contribution is 2.17. The summed E-state index contributed by atoms with van der Waals surface area (Å²) >= 11 is 0. The Labute approximate surface area is 109 Å². The average Bonchev–Trinajstić information content (AvgIpc) is 2.41. The van der Waals surface area contributed by atoms with Crippen LogP contribution in [0, 0.1) is 5.92 Å². The first-order valence-electron chi connectivity index (χ1n) is 6.73. The maximum atomic E-state index is 11.7.